The van der Waals surface area contributed by atoms with Gasteiger partial charge in [0.15, 0.2) is 0 Å². The third-order valence-electron chi connectivity index (χ3n) is 5.96. The van der Waals surface area contributed by atoms with Crippen LogP contribution in [0.3, 0.4) is 0 Å². The van der Waals surface area contributed by atoms with Crippen LogP contribution in [0.4, 0.5) is 0 Å². The van der Waals surface area contributed by atoms with Crippen molar-refractivity contribution in [1.29, 1.82) is 0 Å². The van der Waals surface area contributed by atoms with Gasteiger partial charge in [0.05, 0.1) is 18.8 Å². The lowest BCUT2D eigenvalue weighted by molar-refractivity contribution is -0.180. The maximum atomic E-state index is 13.4. The van der Waals surface area contributed by atoms with Crippen molar-refractivity contribution in [3.05, 3.63) is 71.8 Å². The molecule has 1 saturated carbocycles. The van der Waals surface area contributed by atoms with E-state index in [1.54, 1.807) is 0 Å². The second kappa shape index (κ2) is 8.91. The van der Waals surface area contributed by atoms with E-state index in [2.05, 4.69) is 45.0 Å². The Morgan fingerprint density at radius 1 is 0.964 bits per heavy atom. The van der Waals surface area contributed by atoms with E-state index in [1.807, 2.05) is 36.4 Å². The minimum atomic E-state index is -0.655. The summed E-state index contributed by atoms with van der Waals surface area (Å²) in [6, 6.07) is 20.4. The number of hydrogen-bond acceptors (Lipinski definition) is 3. The van der Waals surface area contributed by atoms with Crippen LogP contribution in [0.15, 0.2) is 60.7 Å². The van der Waals surface area contributed by atoms with Gasteiger partial charge in [0.1, 0.15) is 5.41 Å². The largest absolute Gasteiger partial charge is 0.465 e. The molecular formula is C25H32O3. The highest BCUT2D eigenvalue weighted by Crippen LogP contribution is 2.52. The highest BCUT2D eigenvalue weighted by atomic mass is 16.5. The lowest BCUT2D eigenvalue weighted by Crippen LogP contribution is -2.51. The zero-order valence-corrected chi connectivity index (χ0v) is 17.3. The van der Waals surface area contributed by atoms with E-state index < -0.39 is 11.0 Å². The Bertz CT molecular complexity index is 756. The van der Waals surface area contributed by atoms with E-state index in [0.717, 1.165) is 30.4 Å². The summed E-state index contributed by atoms with van der Waals surface area (Å²) >= 11 is 0. The Hall–Kier alpha value is -2.13. The minimum absolute atomic E-state index is 0.113. The van der Waals surface area contributed by atoms with E-state index >= 15 is 0 Å². The zero-order chi connectivity index (χ0) is 20.0. The zero-order valence-electron chi connectivity index (χ0n) is 17.3. The summed E-state index contributed by atoms with van der Waals surface area (Å²) in [6.45, 7) is 7.19. The van der Waals surface area contributed by atoms with Crippen molar-refractivity contribution in [3.8, 4) is 0 Å². The SMILES string of the molecule is CC(C)COC(=O)C1(Cc2ccccc2)CCCC1(C)OCc1ccccc1. The van der Waals surface area contributed by atoms with Crippen LogP contribution in [0, 0.1) is 11.3 Å². The van der Waals surface area contributed by atoms with Gasteiger partial charge < -0.3 is 9.47 Å². The number of ether oxygens (including phenoxy) is 2. The summed E-state index contributed by atoms with van der Waals surface area (Å²) in [4.78, 5) is 13.4. The molecule has 3 heteroatoms. The molecule has 2 unspecified atom stereocenters. The third kappa shape index (κ3) is 4.47. The molecule has 2 atom stereocenters. The van der Waals surface area contributed by atoms with Crippen molar-refractivity contribution >= 4 is 5.97 Å². The molecule has 2 aromatic rings. The molecular weight excluding hydrogens is 348 g/mol. The first-order valence-electron chi connectivity index (χ1n) is 10.3. The van der Waals surface area contributed by atoms with Crippen LogP contribution in [0.25, 0.3) is 0 Å². The predicted octanol–water partition coefficient (Wildman–Crippen LogP) is 5.57. The second-order valence-corrected chi connectivity index (χ2v) is 8.60. The van der Waals surface area contributed by atoms with Crippen LogP contribution in [-0.2, 0) is 27.3 Å². The Labute approximate surface area is 169 Å². The van der Waals surface area contributed by atoms with Crippen molar-refractivity contribution in [1.82, 2.24) is 0 Å². The molecule has 0 saturated heterocycles. The van der Waals surface area contributed by atoms with Crippen LogP contribution in [0.1, 0.15) is 51.2 Å². The van der Waals surface area contributed by atoms with E-state index in [1.165, 1.54) is 0 Å². The van der Waals surface area contributed by atoms with Crippen LogP contribution in [0.5, 0.6) is 0 Å². The van der Waals surface area contributed by atoms with E-state index in [-0.39, 0.29) is 5.97 Å². The summed E-state index contributed by atoms with van der Waals surface area (Å²) in [5, 5.41) is 0. The molecule has 3 nitrogen and oxygen atoms in total. The van der Waals surface area contributed by atoms with Gasteiger partial charge in [-0.2, -0.15) is 0 Å². The van der Waals surface area contributed by atoms with Gasteiger partial charge in [-0.05, 0) is 49.7 Å². The Morgan fingerprint density at radius 3 is 2.18 bits per heavy atom. The lowest BCUT2D eigenvalue weighted by Gasteiger charge is -2.42. The number of esters is 1. The van der Waals surface area contributed by atoms with E-state index in [0.29, 0.717) is 25.6 Å². The lowest BCUT2D eigenvalue weighted by atomic mass is 9.70. The summed E-state index contributed by atoms with van der Waals surface area (Å²) in [5.74, 6) is 0.203. The number of rotatable bonds is 8. The summed E-state index contributed by atoms with van der Waals surface area (Å²) in [7, 11) is 0. The molecule has 0 amide bonds. The van der Waals surface area contributed by atoms with Gasteiger partial charge in [0.2, 0.25) is 0 Å². The summed E-state index contributed by atoms with van der Waals surface area (Å²) < 4.78 is 12.3. The summed E-state index contributed by atoms with van der Waals surface area (Å²) in [5.41, 5.74) is 1.07. The third-order valence-corrected chi connectivity index (χ3v) is 5.96. The van der Waals surface area contributed by atoms with Crippen molar-refractivity contribution in [3.63, 3.8) is 0 Å². The first-order chi connectivity index (χ1) is 13.5. The van der Waals surface area contributed by atoms with Gasteiger partial charge in [-0.25, -0.2) is 0 Å². The van der Waals surface area contributed by atoms with Crippen LogP contribution < -0.4 is 0 Å². The number of benzene rings is 2. The van der Waals surface area contributed by atoms with E-state index in [4.69, 9.17) is 9.47 Å². The summed E-state index contributed by atoms with van der Waals surface area (Å²) in [6.07, 6.45) is 3.28. The topological polar surface area (TPSA) is 35.5 Å². The van der Waals surface area contributed by atoms with Gasteiger partial charge in [-0.1, -0.05) is 74.5 Å². The monoisotopic (exact) mass is 380 g/mol. The fourth-order valence-electron chi connectivity index (χ4n) is 4.25. The molecule has 2 aromatic carbocycles. The van der Waals surface area contributed by atoms with Crippen molar-refractivity contribution in [2.75, 3.05) is 6.61 Å². The van der Waals surface area contributed by atoms with Gasteiger partial charge >= 0.3 is 5.97 Å². The maximum absolute atomic E-state index is 13.4. The Balaban J connectivity index is 1.87. The fraction of sp³-hybridized carbons (Fsp3) is 0.480. The van der Waals surface area contributed by atoms with Gasteiger partial charge in [0, 0.05) is 0 Å². The molecule has 1 aliphatic rings. The van der Waals surface area contributed by atoms with Crippen LogP contribution in [-0.4, -0.2) is 18.2 Å². The average Bonchev–Trinajstić information content (AvgIpc) is 3.03. The van der Waals surface area contributed by atoms with Gasteiger partial charge in [-0.3, -0.25) is 4.79 Å². The molecule has 1 aliphatic carbocycles. The Kier molecular flexibility index (Phi) is 6.56. The van der Waals surface area contributed by atoms with Crippen molar-refractivity contribution < 1.29 is 14.3 Å². The van der Waals surface area contributed by atoms with E-state index in [9.17, 15) is 4.79 Å². The Morgan fingerprint density at radius 2 is 1.57 bits per heavy atom. The normalized spacial score (nSPS) is 24.4. The minimum Gasteiger partial charge on any atom is -0.465 e. The average molecular weight is 381 g/mol. The molecule has 150 valence electrons. The number of hydrogen-bond donors (Lipinski definition) is 0. The maximum Gasteiger partial charge on any atom is 0.315 e. The molecule has 3 rings (SSSR count). The number of carbonyl (C=O) groups is 1. The van der Waals surface area contributed by atoms with Crippen molar-refractivity contribution in [2.45, 2.75) is 58.7 Å². The van der Waals surface area contributed by atoms with Gasteiger partial charge in [-0.15, -0.1) is 0 Å². The highest BCUT2D eigenvalue weighted by molar-refractivity contribution is 5.79. The molecule has 1 fully saturated rings. The van der Waals surface area contributed by atoms with Gasteiger partial charge in [0.25, 0.3) is 0 Å². The first kappa shape index (κ1) is 20.6. The standard InChI is InChI=1S/C25H32O3/c1-20(2)18-27-23(26)25(17-21-11-6-4-7-12-21)16-10-15-24(25,3)28-19-22-13-8-5-9-14-22/h4-9,11-14,20H,10,15-19H2,1-3H3. The predicted molar refractivity (Wildman–Crippen MR) is 112 cm³/mol. The first-order valence-corrected chi connectivity index (χ1v) is 10.3. The molecule has 0 spiro atoms. The molecule has 0 N–H and O–H groups in total. The number of carbonyl (C=O) groups excluding carboxylic acids is 1. The second-order valence-electron chi connectivity index (χ2n) is 8.60. The molecule has 0 radical (unpaired) electrons. The molecule has 0 aromatic heterocycles. The molecule has 0 aliphatic heterocycles. The molecule has 0 bridgehead atoms. The quantitative estimate of drug-likeness (QED) is 0.561. The molecule has 28 heavy (non-hydrogen) atoms. The molecule has 0 heterocycles. The van der Waals surface area contributed by atoms with Crippen LogP contribution in [0.2, 0.25) is 0 Å². The smallest absolute Gasteiger partial charge is 0.315 e. The highest BCUT2D eigenvalue weighted by Gasteiger charge is 2.58. The van der Waals surface area contributed by atoms with Crippen molar-refractivity contribution in [2.24, 2.45) is 11.3 Å². The van der Waals surface area contributed by atoms with Crippen LogP contribution >= 0.6 is 0 Å². The fourth-order valence-corrected chi connectivity index (χ4v) is 4.25.